The Hall–Kier alpha value is -2.60. The van der Waals surface area contributed by atoms with Gasteiger partial charge in [0.05, 0.1) is 11.6 Å². The number of rotatable bonds is 5. The fourth-order valence-corrected chi connectivity index (χ4v) is 2.28. The van der Waals surface area contributed by atoms with Gasteiger partial charge in [0, 0.05) is 18.2 Å². The molecule has 22 heavy (non-hydrogen) atoms. The molecule has 1 unspecified atom stereocenters. The summed E-state index contributed by atoms with van der Waals surface area (Å²) in [5.41, 5.74) is 2.30. The largest absolute Gasteiger partial charge is 0.332 e. The first-order chi connectivity index (χ1) is 10.7. The predicted molar refractivity (Wildman–Crippen MR) is 87.2 cm³/mol. The van der Waals surface area contributed by atoms with E-state index in [1.807, 2.05) is 35.2 Å². The summed E-state index contributed by atoms with van der Waals surface area (Å²) < 4.78 is 0. The summed E-state index contributed by atoms with van der Waals surface area (Å²) in [5, 5.41) is 8.85. The first-order valence-electron chi connectivity index (χ1n) is 7.50. The zero-order valence-electron chi connectivity index (χ0n) is 13.0. The van der Waals surface area contributed by atoms with Crippen LogP contribution in [0.2, 0.25) is 0 Å². The van der Waals surface area contributed by atoms with Crippen LogP contribution in [-0.2, 0) is 6.54 Å². The monoisotopic (exact) mass is 292 g/mol. The summed E-state index contributed by atoms with van der Waals surface area (Å²) in [5.74, 6) is 0.00249. The fourth-order valence-electron chi connectivity index (χ4n) is 2.28. The number of amides is 1. The Kier molecular flexibility index (Phi) is 5.32. The second-order valence-electron chi connectivity index (χ2n) is 5.37. The second-order valence-corrected chi connectivity index (χ2v) is 5.37. The van der Waals surface area contributed by atoms with Gasteiger partial charge in [0.15, 0.2) is 0 Å². The van der Waals surface area contributed by atoms with Gasteiger partial charge in [0.1, 0.15) is 0 Å². The molecule has 0 aliphatic heterocycles. The van der Waals surface area contributed by atoms with Crippen LogP contribution in [0.25, 0.3) is 0 Å². The van der Waals surface area contributed by atoms with Gasteiger partial charge in [-0.3, -0.25) is 4.79 Å². The van der Waals surface area contributed by atoms with Crippen LogP contribution in [0.3, 0.4) is 0 Å². The Morgan fingerprint density at radius 2 is 1.77 bits per heavy atom. The van der Waals surface area contributed by atoms with Crippen molar-refractivity contribution >= 4 is 5.91 Å². The number of carbonyl (C=O) groups excluding carboxylic acids is 1. The highest BCUT2D eigenvalue weighted by atomic mass is 16.2. The van der Waals surface area contributed by atoms with Crippen LogP contribution in [0, 0.1) is 11.3 Å². The molecule has 1 amide bonds. The number of hydrogen-bond acceptors (Lipinski definition) is 2. The van der Waals surface area contributed by atoms with E-state index < -0.39 is 0 Å². The first kappa shape index (κ1) is 15.8. The van der Waals surface area contributed by atoms with Crippen LogP contribution in [-0.4, -0.2) is 16.8 Å². The van der Waals surface area contributed by atoms with E-state index in [9.17, 15) is 4.79 Å². The van der Waals surface area contributed by atoms with Crippen molar-refractivity contribution in [1.29, 1.82) is 5.26 Å². The molecular weight excluding hydrogens is 272 g/mol. The van der Waals surface area contributed by atoms with E-state index in [0.29, 0.717) is 17.7 Å². The number of benzene rings is 2. The minimum absolute atomic E-state index is 0.00249. The number of hydrogen-bond donors (Lipinski definition) is 0. The Morgan fingerprint density at radius 3 is 2.32 bits per heavy atom. The van der Waals surface area contributed by atoms with E-state index in [2.05, 4.69) is 19.9 Å². The third kappa shape index (κ3) is 3.73. The van der Waals surface area contributed by atoms with E-state index in [0.717, 1.165) is 12.0 Å². The highest BCUT2D eigenvalue weighted by molar-refractivity contribution is 5.94. The maximum Gasteiger partial charge on any atom is 0.254 e. The number of nitrogens with zero attached hydrogens (tertiary/aromatic N) is 2. The third-order valence-electron chi connectivity index (χ3n) is 3.84. The lowest BCUT2D eigenvalue weighted by Crippen LogP contribution is -2.37. The minimum atomic E-state index is 0.00249. The fraction of sp³-hybridized carbons (Fsp3) is 0.263. The average molecular weight is 292 g/mol. The summed E-state index contributed by atoms with van der Waals surface area (Å²) in [6.45, 7) is 4.73. The molecular formula is C19H20N2O. The molecule has 0 spiro atoms. The lowest BCUT2D eigenvalue weighted by Gasteiger charge is -2.29. The second kappa shape index (κ2) is 7.42. The third-order valence-corrected chi connectivity index (χ3v) is 3.84. The number of carbonyl (C=O) groups is 1. The molecule has 0 bridgehead atoms. The Balaban J connectivity index is 2.24. The Morgan fingerprint density at radius 1 is 1.14 bits per heavy atom. The SMILES string of the molecule is CCC(C)N(Cc1ccccc1)C(=O)c1ccc(C#N)cc1. The molecule has 2 aromatic carbocycles. The van der Waals surface area contributed by atoms with Gasteiger partial charge in [-0.15, -0.1) is 0 Å². The van der Waals surface area contributed by atoms with Gasteiger partial charge in [0.25, 0.3) is 5.91 Å². The molecule has 0 aromatic heterocycles. The van der Waals surface area contributed by atoms with Crippen LogP contribution in [0.15, 0.2) is 54.6 Å². The molecule has 0 heterocycles. The first-order valence-corrected chi connectivity index (χ1v) is 7.50. The van der Waals surface area contributed by atoms with Crippen molar-refractivity contribution in [2.45, 2.75) is 32.9 Å². The van der Waals surface area contributed by atoms with Gasteiger partial charge < -0.3 is 4.90 Å². The zero-order valence-corrected chi connectivity index (χ0v) is 13.0. The van der Waals surface area contributed by atoms with E-state index in [-0.39, 0.29) is 11.9 Å². The highest BCUT2D eigenvalue weighted by Crippen LogP contribution is 2.15. The molecule has 0 radical (unpaired) electrons. The molecule has 0 aliphatic carbocycles. The minimum Gasteiger partial charge on any atom is -0.332 e. The summed E-state index contributed by atoms with van der Waals surface area (Å²) in [4.78, 5) is 14.7. The Labute approximate surface area is 131 Å². The zero-order chi connectivity index (χ0) is 15.9. The van der Waals surface area contributed by atoms with Crippen molar-refractivity contribution in [3.05, 3.63) is 71.3 Å². The van der Waals surface area contributed by atoms with Gasteiger partial charge in [-0.05, 0) is 43.2 Å². The van der Waals surface area contributed by atoms with Gasteiger partial charge in [0.2, 0.25) is 0 Å². The van der Waals surface area contributed by atoms with Crippen molar-refractivity contribution in [3.63, 3.8) is 0 Å². The van der Waals surface area contributed by atoms with Crippen LogP contribution < -0.4 is 0 Å². The topological polar surface area (TPSA) is 44.1 Å². The molecule has 2 rings (SSSR count). The van der Waals surface area contributed by atoms with Crippen molar-refractivity contribution in [2.24, 2.45) is 0 Å². The van der Waals surface area contributed by atoms with Crippen LogP contribution >= 0.6 is 0 Å². The van der Waals surface area contributed by atoms with Crippen LogP contribution in [0.4, 0.5) is 0 Å². The Bertz CT molecular complexity index is 656. The molecule has 0 aliphatic rings. The molecule has 3 heteroatoms. The van der Waals surface area contributed by atoms with Crippen molar-refractivity contribution in [3.8, 4) is 6.07 Å². The van der Waals surface area contributed by atoms with E-state index in [1.54, 1.807) is 24.3 Å². The standard InChI is InChI=1S/C19H20N2O/c1-3-15(2)21(14-17-7-5-4-6-8-17)19(22)18-11-9-16(13-20)10-12-18/h4-12,15H,3,14H2,1-2H3. The van der Waals surface area contributed by atoms with Gasteiger partial charge in [-0.25, -0.2) is 0 Å². The summed E-state index contributed by atoms with van der Waals surface area (Å²) >= 11 is 0. The normalized spacial score (nSPS) is 11.5. The summed E-state index contributed by atoms with van der Waals surface area (Å²) in [6.07, 6.45) is 0.898. The summed E-state index contributed by atoms with van der Waals surface area (Å²) in [6, 6.07) is 19.0. The van der Waals surface area contributed by atoms with Crippen molar-refractivity contribution in [2.75, 3.05) is 0 Å². The lowest BCUT2D eigenvalue weighted by atomic mass is 10.1. The highest BCUT2D eigenvalue weighted by Gasteiger charge is 2.20. The van der Waals surface area contributed by atoms with Crippen molar-refractivity contribution < 1.29 is 4.79 Å². The van der Waals surface area contributed by atoms with Gasteiger partial charge >= 0.3 is 0 Å². The molecule has 112 valence electrons. The quantitative estimate of drug-likeness (QED) is 0.836. The van der Waals surface area contributed by atoms with Gasteiger partial charge in [-0.2, -0.15) is 5.26 Å². The van der Waals surface area contributed by atoms with Gasteiger partial charge in [-0.1, -0.05) is 37.3 Å². The smallest absolute Gasteiger partial charge is 0.254 e. The molecule has 0 saturated heterocycles. The van der Waals surface area contributed by atoms with E-state index >= 15 is 0 Å². The molecule has 0 fully saturated rings. The average Bonchev–Trinajstić information content (AvgIpc) is 2.59. The molecule has 1 atom stereocenters. The maximum absolute atomic E-state index is 12.8. The van der Waals surface area contributed by atoms with Crippen LogP contribution in [0.5, 0.6) is 0 Å². The van der Waals surface area contributed by atoms with E-state index in [1.165, 1.54) is 0 Å². The van der Waals surface area contributed by atoms with Crippen LogP contribution in [0.1, 0.15) is 41.8 Å². The van der Waals surface area contributed by atoms with Crippen molar-refractivity contribution in [1.82, 2.24) is 4.90 Å². The molecule has 3 nitrogen and oxygen atoms in total. The summed E-state index contributed by atoms with van der Waals surface area (Å²) in [7, 11) is 0. The van der Waals surface area contributed by atoms with E-state index in [4.69, 9.17) is 5.26 Å². The molecule has 0 saturated carbocycles. The number of nitriles is 1. The predicted octanol–water partition coefficient (Wildman–Crippen LogP) is 4.00. The maximum atomic E-state index is 12.8. The molecule has 0 N–H and O–H groups in total. The molecule has 2 aromatic rings. The lowest BCUT2D eigenvalue weighted by molar-refractivity contribution is 0.0671.